The number of carbonyl (C=O) groups excluding carboxylic acids is 2. The zero-order chi connectivity index (χ0) is 25.0. The van der Waals surface area contributed by atoms with Gasteiger partial charge in [-0.2, -0.15) is 0 Å². The highest BCUT2D eigenvalue weighted by atomic mass is 16.8. The van der Waals surface area contributed by atoms with Crippen LogP contribution in [0.4, 0.5) is 4.79 Å². The number of rotatable bonds is 13. The predicted octanol–water partition coefficient (Wildman–Crippen LogP) is -1.63. The van der Waals surface area contributed by atoms with Crippen LogP contribution in [0, 0.1) is 5.41 Å². The lowest BCUT2D eigenvalue weighted by molar-refractivity contribution is -0.312. The summed E-state index contributed by atoms with van der Waals surface area (Å²) in [7, 11) is 0. The smallest absolute Gasteiger partial charge is 0.411 e. The quantitative estimate of drug-likeness (QED) is 0.0635. The summed E-state index contributed by atoms with van der Waals surface area (Å²) in [5.41, 5.74) is 10.7. The molecule has 0 aromatic heterocycles. The third-order valence-electron chi connectivity index (χ3n) is 4.71. The van der Waals surface area contributed by atoms with Gasteiger partial charge in [0.2, 0.25) is 11.7 Å². The van der Waals surface area contributed by atoms with Gasteiger partial charge in [0.15, 0.2) is 5.96 Å². The Kier molecular flexibility index (Phi) is 11.4. The Morgan fingerprint density at radius 2 is 1.88 bits per heavy atom. The first-order valence-electron chi connectivity index (χ1n) is 10.6. The number of carboxylic acids is 1. The van der Waals surface area contributed by atoms with E-state index in [1.807, 2.05) is 0 Å². The number of hydrogen-bond acceptors (Lipinski definition) is 9. The lowest BCUT2D eigenvalue weighted by Crippen LogP contribution is -2.60. The summed E-state index contributed by atoms with van der Waals surface area (Å²) in [5, 5.41) is 44.3. The first-order chi connectivity index (χ1) is 15.4. The van der Waals surface area contributed by atoms with Gasteiger partial charge in [0.1, 0.15) is 6.10 Å². The van der Waals surface area contributed by atoms with E-state index in [0.717, 1.165) is 25.3 Å². The van der Waals surface area contributed by atoms with E-state index >= 15 is 0 Å². The Labute approximate surface area is 191 Å². The van der Waals surface area contributed by atoms with Gasteiger partial charge < -0.3 is 52.2 Å². The molecule has 0 aliphatic carbocycles. The molecule has 33 heavy (non-hydrogen) atoms. The largest absolute Gasteiger partial charge is 0.481 e. The summed E-state index contributed by atoms with van der Waals surface area (Å²) in [5.74, 6) is -5.70. The summed E-state index contributed by atoms with van der Waals surface area (Å²) in [6.07, 6.45) is 1.55. The van der Waals surface area contributed by atoms with Gasteiger partial charge in [-0.25, -0.2) is 9.59 Å². The van der Waals surface area contributed by atoms with Gasteiger partial charge in [0, 0.05) is 19.9 Å². The minimum Gasteiger partial charge on any atom is -0.481 e. The van der Waals surface area contributed by atoms with Gasteiger partial charge in [-0.3, -0.25) is 10.2 Å². The van der Waals surface area contributed by atoms with Crippen LogP contribution in [-0.2, 0) is 19.1 Å². The second kappa shape index (κ2) is 13.4. The molecule has 1 aliphatic heterocycles. The average molecular weight is 475 g/mol. The number of unbranched alkanes of at least 4 members (excludes halogenated alkanes) is 3. The van der Waals surface area contributed by atoms with Gasteiger partial charge >= 0.3 is 18.0 Å². The number of hydrogen-bond donors (Lipinski definition) is 9. The minimum atomic E-state index is -2.87. The van der Waals surface area contributed by atoms with Crippen LogP contribution in [0.3, 0.4) is 0 Å². The van der Waals surface area contributed by atoms with Crippen molar-refractivity contribution in [1.82, 2.24) is 16.0 Å². The summed E-state index contributed by atoms with van der Waals surface area (Å²) in [6.45, 7) is 2.10. The van der Waals surface area contributed by atoms with Crippen molar-refractivity contribution < 1.29 is 39.2 Å². The maximum atomic E-state index is 11.8. The Hall–Kier alpha value is -3.10. The maximum Gasteiger partial charge on any atom is 0.411 e. The Balaban J connectivity index is 2.73. The molecule has 0 unspecified atom stereocenters. The molecule has 1 heterocycles. The highest BCUT2D eigenvalue weighted by Gasteiger charge is 2.40. The lowest BCUT2D eigenvalue weighted by atomic mass is 9.94. The van der Waals surface area contributed by atoms with E-state index in [4.69, 9.17) is 21.6 Å². The number of amides is 2. The second-order valence-corrected chi connectivity index (χ2v) is 7.60. The highest BCUT2D eigenvalue weighted by Crippen LogP contribution is 2.25. The molecule has 14 nitrogen and oxygen atoms in total. The van der Waals surface area contributed by atoms with E-state index in [1.54, 1.807) is 0 Å². The molecule has 0 bridgehead atoms. The standard InChI is InChI=1S/C19H34N6O8/c1-11(26)24-15-12(25-17(21)22)10-14(16(27)28)32-13(15)6-7-19(30,31)33-18(29)23-9-5-3-2-4-8-20/h10,12-13,15,30-31H,2-9,20H2,1H3,(H,23,29)(H,24,26)(H,27,28)(H4,21,22,25)/t12-,13+,15+/m0/s1. The molecule has 14 heteroatoms. The van der Waals surface area contributed by atoms with E-state index < -0.39 is 60.3 Å². The third kappa shape index (κ3) is 10.9. The van der Waals surface area contributed by atoms with Crippen LogP contribution in [0.25, 0.3) is 0 Å². The van der Waals surface area contributed by atoms with Crippen molar-refractivity contribution in [3.63, 3.8) is 0 Å². The number of guanidine groups is 1. The minimum absolute atomic E-state index is 0.231. The maximum absolute atomic E-state index is 11.8. The number of aliphatic carboxylic acids is 1. The Morgan fingerprint density at radius 3 is 2.45 bits per heavy atom. The van der Waals surface area contributed by atoms with Gasteiger partial charge in [-0.1, -0.05) is 12.8 Å². The molecular formula is C19H34N6O8. The van der Waals surface area contributed by atoms with E-state index in [9.17, 15) is 29.7 Å². The second-order valence-electron chi connectivity index (χ2n) is 7.60. The molecule has 2 amide bonds. The van der Waals surface area contributed by atoms with Gasteiger partial charge in [-0.15, -0.1) is 0 Å². The molecular weight excluding hydrogens is 440 g/mol. The average Bonchev–Trinajstić information content (AvgIpc) is 2.69. The van der Waals surface area contributed by atoms with Crippen molar-refractivity contribution >= 4 is 23.9 Å². The highest BCUT2D eigenvalue weighted by molar-refractivity contribution is 5.85. The normalized spacial score (nSPS) is 20.1. The molecule has 3 atom stereocenters. The molecule has 1 aliphatic rings. The van der Waals surface area contributed by atoms with E-state index in [-0.39, 0.29) is 13.0 Å². The van der Waals surface area contributed by atoms with Crippen LogP contribution >= 0.6 is 0 Å². The molecule has 0 saturated carbocycles. The molecule has 0 radical (unpaired) electrons. The fourth-order valence-electron chi connectivity index (χ4n) is 3.24. The molecule has 0 saturated heterocycles. The summed E-state index contributed by atoms with van der Waals surface area (Å²) in [6, 6.07) is -1.83. The third-order valence-corrected chi connectivity index (χ3v) is 4.71. The van der Waals surface area contributed by atoms with Gasteiger partial charge in [-0.05, 0) is 31.9 Å². The number of ether oxygens (including phenoxy) is 2. The van der Waals surface area contributed by atoms with E-state index in [0.29, 0.717) is 13.0 Å². The molecule has 1 rings (SSSR count). The van der Waals surface area contributed by atoms with E-state index in [1.165, 1.54) is 6.92 Å². The fraction of sp³-hybridized carbons (Fsp3) is 0.684. The van der Waals surface area contributed by atoms with Crippen molar-refractivity contribution in [2.75, 3.05) is 13.1 Å². The number of nitrogens with one attached hydrogen (secondary N) is 4. The van der Waals surface area contributed by atoms with Crippen molar-refractivity contribution in [2.45, 2.75) is 69.6 Å². The zero-order valence-electron chi connectivity index (χ0n) is 18.5. The van der Waals surface area contributed by atoms with Crippen molar-refractivity contribution in [3.05, 3.63) is 11.8 Å². The number of carbonyl (C=O) groups is 3. The van der Waals surface area contributed by atoms with Crippen LogP contribution in [0.1, 0.15) is 45.4 Å². The Morgan fingerprint density at radius 1 is 1.21 bits per heavy atom. The molecule has 11 N–H and O–H groups in total. The first kappa shape index (κ1) is 27.9. The SMILES string of the molecule is CC(=O)N[C@@H]1[C@@H](NC(=N)N)C=C(C(=O)O)O[C@@H]1CCC(O)(O)OC(=O)NCCCCCCN. The first-order valence-corrected chi connectivity index (χ1v) is 10.6. The molecule has 0 fully saturated rings. The summed E-state index contributed by atoms with van der Waals surface area (Å²) in [4.78, 5) is 34.9. The van der Waals surface area contributed by atoms with Gasteiger partial charge in [0.25, 0.3) is 0 Å². The van der Waals surface area contributed by atoms with Crippen molar-refractivity contribution in [3.8, 4) is 0 Å². The number of alkyl carbamates (subject to hydrolysis) is 1. The fourth-order valence-corrected chi connectivity index (χ4v) is 3.24. The lowest BCUT2D eigenvalue weighted by Gasteiger charge is -2.38. The number of carboxylic acid groups (broad SMARTS) is 1. The van der Waals surface area contributed by atoms with Crippen molar-refractivity contribution in [1.29, 1.82) is 5.41 Å². The Bertz CT molecular complexity index is 729. The topological polar surface area (TPSA) is 242 Å². The summed E-state index contributed by atoms with van der Waals surface area (Å²) >= 11 is 0. The van der Waals surface area contributed by atoms with Crippen LogP contribution in [0.2, 0.25) is 0 Å². The predicted molar refractivity (Wildman–Crippen MR) is 115 cm³/mol. The van der Waals surface area contributed by atoms with Crippen LogP contribution in [0.15, 0.2) is 11.8 Å². The van der Waals surface area contributed by atoms with Crippen LogP contribution < -0.4 is 27.4 Å². The zero-order valence-corrected chi connectivity index (χ0v) is 18.5. The monoisotopic (exact) mass is 474 g/mol. The van der Waals surface area contributed by atoms with Crippen molar-refractivity contribution in [2.24, 2.45) is 11.5 Å². The van der Waals surface area contributed by atoms with Gasteiger partial charge in [0.05, 0.1) is 12.1 Å². The number of aliphatic hydroxyl groups is 2. The van der Waals surface area contributed by atoms with Crippen LogP contribution in [-0.4, -0.2) is 76.5 Å². The molecule has 0 spiro atoms. The molecule has 0 aromatic carbocycles. The molecule has 0 aromatic rings. The number of nitrogens with two attached hydrogens (primary N) is 2. The molecule has 188 valence electrons. The van der Waals surface area contributed by atoms with Crippen LogP contribution in [0.5, 0.6) is 0 Å². The van der Waals surface area contributed by atoms with E-state index in [2.05, 4.69) is 20.7 Å². The summed E-state index contributed by atoms with van der Waals surface area (Å²) < 4.78 is 10.0.